The summed E-state index contributed by atoms with van der Waals surface area (Å²) in [6.45, 7) is 6.45. The van der Waals surface area contributed by atoms with E-state index in [9.17, 15) is 14.4 Å². The van der Waals surface area contributed by atoms with Crippen molar-refractivity contribution in [3.8, 4) is 0 Å². The molecular formula is C73H128O6. The van der Waals surface area contributed by atoms with Gasteiger partial charge in [0.2, 0.25) is 0 Å². The van der Waals surface area contributed by atoms with Crippen LogP contribution in [0.5, 0.6) is 0 Å². The van der Waals surface area contributed by atoms with E-state index < -0.39 is 6.10 Å². The smallest absolute Gasteiger partial charge is 0.306 e. The first-order chi connectivity index (χ1) is 39.0. The fraction of sp³-hybridized carbons (Fsp3) is 0.767. The van der Waals surface area contributed by atoms with Crippen molar-refractivity contribution in [2.75, 3.05) is 13.2 Å². The molecule has 0 fully saturated rings. The molecule has 0 aromatic carbocycles. The van der Waals surface area contributed by atoms with Crippen molar-refractivity contribution >= 4 is 17.9 Å². The molecule has 0 spiro atoms. The van der Waals surface area contributed by atoms with Gasteiger partial charge in [-0.3, -0.25) is 14.4 Å². The van der Waals surface area contributed by atoms with Gasteiger partial charge in [0.15, 0.2) is 6.10 Å². The van der Waals surface area contributed by atoms with Gasteiger partial charge in [-0.05, 0) is 109 Å². The molecule has 0 aromatic rings. The van der Waals surface area contributed by atoms with Crippen LogP contribution in [0.2, 0.25) is 0 Å². The van der Waals surface area contributed by atoms with Crippen molar-refractivity contribution in [3.63, 3.8) is 0 Å². The van der Waals surface area contributed by atoms with Crippen LogP contribution in [0.3, 0.4) is 0 Å². The molecule has 0 heterocycles. The lowest BCUT2D eigenvalue weighted by molar-refractivity contribution is -0.167. The fourth-order valence-electron chi connectivity index (χ4n) is 9.76. The number of allylic oxidation sites excluding steroid dienone is 14. The largest absolute Gasteiger partial charge is 0.462 e. The van der Waals surface area contributed by atoms with Crippen LogP contribution >= 0.6 is 0 Å². The molecule has 0 aliphatic heterocycles. The van der Waals surface area contributed by atoms with Crippen LogP contribution in [0.25, 0.3) is 0 Å². The van der Waals surface area contributed by atoms with Crippen LogP contribution in [0.4, 0.5) is 0 Å². The van der Waals surface area contributed by atoms with Crippen LogP contribution < -0.4 is 0 Å². The van der Waals surface area contributed by atoms with E-state index in [-0.39, 0.29) is 37.5 Å². The van der Waals surface area contributed by atoms with Crippen molar-refractivity contribution < 1.29 is 28.6 Å². The standard InChI is InChI=1S/C73H128O6/c1-4-7-10-13-16-19-22-25-27-28-29-30-31-32-33-34-35-36-37-38-39-40-41-42-43-44-46-48-51-54-57-60-63-66-72(75)78-69-70(68-77-71(74)65-62-59-56-53-50-47-24-21-18-15-12-9-6-3)79-73(76)67-64-61-58-55-52-49-45-26-23-20-17-14-11-8-5-2/h8,11-12,15,17,20-21,24,26,28-29,45,52,55,70H,4-7,9-10,13-14,16,18-19,22-23,25,27,30-44,46-51,53-54,56-69H2,1-3H3/b11-8-,15-12-,20-17-,24-21-,29-28-,45-26-,55-52-. The minimum atomic E-state index is -0.804. The average molecular weight is 1100 g/mol. The van der Waals surface area contributed by atoms with Crippen LogP contribution in [0.1, 0.15) is 342 Å². The van der Waals surface area contributed by atoms with Gasteiger partial charge >= 0.3 is 17.9 Å². The molecular weight excluding hydrogens is 973 g/mol. The summed E-state index contributed by atoms with van der Waals surface area (Å²) >= 11 is 0. The van der Waals surface area contributed by atoms with Gasteiger partial charge in [0.05, 0.1) is 0 Å². The predicted molar refractivity (Wildman–Crippen MR) is 344 cm³/mol. The molecule has 0 amide bonds. The molecule has 79 heavy (non-hydrogen) atoms. The van der Waals surface area contributed by atoms with Gasteiger partial charge in [-0.25, -0.2) is 0 Å². The van der Waals surface area contributed by atoms with Gasteiger partial charge in [0, 0.05) is 19.3 Å². The summed E-state index contributed by atoms with van der Waals surface area (Å²) in [5.41, 5.74) is 0. The number of hydrogen-bond acceptors (Lipinski definition) is 6. The highest BCUT2D eigenvalue weighted by molar-refractivity contribution is 5.71. The number of unbranched alkanes of at least 4 members (excludes halogenated alkanes) is 37. The van der Waals surface area contributed by atoms with Crippen molar-refractivity contribution in [1.29, 1.82) is 0 Å². The number of rotatable bonds is 62. The quantitative estimate of drug-likeness (QED) is 0.0261. The Morgan fingerprint density at radius 3 is 0.861 bits per heavy atom. The monoisotopic (exact) mass is 1100 g/mol. The number of ether oxygens (including phenoxy) is 3. The summed E-state index contributed by atoms with van der Waals surface area (Å²) in [6, 6.07) is 0. The van der Waals surface area contributed by atoms with Crippen LogP contribution in [-0.4, -0.2) is 37.2 Å². The van der Waals surface area contributed by atoms with Gasteiger partial charge in [-0.1, -0.05) is 298 Å². The lowest BCUT2D eigenvalue weighted by Gasteiger charge is -2.18. The van der Waals surface area contributed by atoms with E-state index in [2.05, 4.69) is 106 Å². The number of carbonyl (C=O) groups is 3. The van der Waals surface area contributed by atoms with Gasteiger partial charge in [0.1, 0.15) is 13.2 Å². The highest BCUT2D eigenvalue weighted by atomic mass is 16.6. The van der Waals surface area contributed by atoms with Gasteiger partial charge in [-0.15, -0.1) is 0 Å². The van der Waals surface area contributed by atoms with E-state index in [1.165, 1.54) is 186 Å². The zero-order chi connectivity index (χ0) is 57.1. The maximum Gasteiger partial charge on any atom is 0.306 e. The number of hydrogen-bond donors (Lipinski definition) is 0. The lowest BCUT2D eigenvalue weighted by Crippen LogP contribution is -2.30. The SMILES string of the molecule is CC/C=C\C/C=C\C/C=C\C/C=C\CCCCC(=O)OC(COC(=O)CCCCCCC/C=C\C/C=C\CCC)COC(=O)CCCCCCCCCCCCCCCCCCCCCCC/C=C\CCCCCCCCCC. The summed E-state index contributed by atoms with van der Waals surface area (Å²) < 4.78 is 16.9. The molecule has 0 aliphatic rings. The molecule has 0 bridgehead atoms. The fourth-order valence-corrected chi connectivity index (χ4v) is 9.76. The molecule has 0 radical (unpaired) electrons. The topological polar surface area (TPSA) is 78.9 Å². The van der Waals surface area contributed by atoms with Crippen LogP contribution in [0, 0.1) is 0 Å². The predicted octanol–water partition coefficient (Wildman–Crippen LogP) is 23.4. The molecule has 0 rings (SSSR count). The molecule has 1 atom stereocenters. The Kier molecular flexibility index (Phi) is 64.2. The van der Waals surface area contributed by atoms with E-state index in [1.807, 2.05) is 0 Å². The maximum absolute atomic E-state index is 12.9. The van der Waals surface area contributed by atoms with E-state index in [0.29, 0.717) is 19.3 Å². The summed E-state index contributed by atoms with van der Waals surface area (Å²) in [7, 11) is 0. The van der Waals surface area contributed by atoms with Crippen molar-refractivity contribution in [2.45, 2.75) is 348 Å². The molecule has 0 aromatic heterocycles. The van der Waals surface area contributed by atoms with Crippen molar-refractivity contribution in [2.24, 2.45) is 0 Å². The van der Waals surface area contributed by atoms with E-state index in [4.69, 9.17) is 14.2 Å². The Morgan fingerprint density at radius 2 is 0.519 bits per heavy atom. The zero-order valence-corrected chi connectivity index (χ0v) is 52.4. The molecule has 0 saturated carbocycles. The van der Waals surface area contributed by atoms with Gasteiger partial charge in [-0.2, -0.15) is 0 Å². The highest BCUT2D eigenvalue weighted by Crippen LogP contribution is 2.17. The Bertz CT molecular complexity index is 1500. The normalized spacial score (nSPS) is 12.6. The Morgan fingerprint density at radius 1 is 0.266 bits per heavy atom. The summed E-state index contributed by atoms with van der Waals surface area (Å²) in [5, 5.41) is 0. The molecule has 6 nitrogen and oxygen atoms in total. The van der Waals surface area contributed by atoms with Gasteiger partial charge in [0.25, 0.3) is 0 Å². The third-order valence-corrected chi connectivity index (χ3v) is 14.8. The summed E-state index contributed by atoms with van der Waals surface area (Å²) in [4.78, 5) is 38.2. The van der Waals surface area contributed by atoms with E-state index in [0.717, 1.165) is 109 Å². The first-order valence-corrected chi connectivity index (χ1v) is 34.1. The first kappa shape index (κ1) is 75.6. The summed E-state index contributed by atoms with van der Waals surface area (Å²) in [6.07, 6.45) is 89.2. The summed E-state index contributed by atoms with van der Waals surface area (Å²) in [5.74, 6) is -0.941. The highest BCUT2D eigenvalue weighted by Gasteiger charge is 2.19. The third-order valence-electron chi connectivity index (χ3n) is 14.8. The first-order valence-electron chi connectivity index (χ1n) is 34.1. The Balaban J connectivity index is 4.14. The second-order valence-electron chi connectivity index (χ2n) is 22.7. The van der Waals surface area contributed by atoms with Crippen molar-refractivity contribution in [3.05, 3.63) is 85.1 Å². The van der Waals surface area contributed by atoms with E-state index in [1.54, 1.807) is 0 Å². The Labute approximate surface area is 490 Å². The second-order valence-corrected chi connectivity index (χ2v) is 22.7. The lowest BCUT2D eigenvalue weighted by atomic mass is 10.0. The molecule has 6 heteroatoms. The molecule has 0 saturated heterocycles. The van der Waals surface area contributed by atoms with Crippen LogP contribution in [0.15, 0.2) is 85.1 Å². The third kappa shape index (κ3) is 65.3. The van der Waals surface area contributed by atoms with Gasteiger partial charge < -0.3 is 14.2 Å². The molecule has 456 valence electrons. The Hall–Kier alpha value is -3.41. The zero-order valence-electron chi connectivity index (χ0n) is 52.4. The number of esters is 3. The van der Waals surface area contributed by atoms with Crippen molar-refractivity contribution in [1.82, 2.24) is 0 Å². The van der Waals surface area contributed by atoms with E-state index >= 15 is 0 Å². The molecule has 0 N–H and O–H groups in total. The second kappa shape index (κ2) is 67.1. The maximum atomic E-state index is 12.9. The number of carbonyl (C=O) groups excluding carboxylic acids is 3. The minimum absolute atomic E-state index is 0.0956. The molecule has 1 unspecified atom stereocenters. The average Bonchev–Trinajstić information content (AvgIpc) is 3.45. The minimum Gasteiger partial charge on any atom is -0.462 e. The molecule has 0 aliphatic carbocycles. The van der Waals surface area contributed by atoms with Crippen LogP contribution in [-0.2, 0) is 28.6 Å².